The average molecular weight is 293 g/mol. The number of hydrogen-bond donors (Lipinski definition) is 2. The molecule has 0 amide bonds. The van der Waals surface area contributed by atoms with Crippen molar-refractivity contribution in [1.29, 1.82) is 0 Å². The fourth-order valence-electron chi connectivity index (χ4n) is 1.45. The largest absolute Gasteiger partial charge is 0.457 e. The number of benzene rings is 2. The van der Waals surface area contributed by atoms with Crippen molar-refractivity contribution in [3.63, 3.8) is 0 Å². The van der Waals surface area contributed by atoms with Gasteiger partial charge in [-0.25, -0.2) is 4.57 Å². The van der Waals surface area contributed by atoms with Crippen LogP contribution in [0.15, 0.2) is 75.2 Å². The minimum atomic E-state index is -4.44. The topological polar surface area (TPSA) is 69.9 Å². The Kier molecular flexibility index (Phi) is 4.48. The van der Waals surface area contributed by atoms with Crippen LogP contribution in [-0.2, 0) is 4.57 Å². The highest BCUT2D eigenvalue weighted by molar-refractivity contribution is 8.14. The summed E-state index contributed by atoms with van der Waals surface area (Å²) in [6, 6.07) is 18.8. The van der Waals surface area contributed by atoms with Gasteiger partial charge in [-0.2, -0.15) is 0 Å². The van der Waals surface area contributed by atoms with Crippen LogP contribution >= 0.6 is 18.2 Å². The Hall–Kier alpha value is -1.48. The molecule has 0 radical (unpaired) electrons. The lowest BCUT2D eigenvalue weighted by molar-refractivity contribution is 0.375. The van der Waals surface area contributed by atoms with E-state index in [0.717, 1.165) is 9.79 Å². The van der Waals surface area contributed by atoms with Crippen LogP contribution in [0, 0.1) is 0 Å². The van der Waals surface area contributed by atoms with Crippen LogP contribution in [0.4, 0.5) is 0 Å². The molecule has 2 aromatic rings. The quantitative estimate of drug-likeness (QED) is 0.518. The summed E-state index contributed by atoms with van der Waals surface area (Å²) in [5, 5.41) is 2.58. The van der Waals surface area contributed by atoms with Gasteiger partial charge in [0.15, 0.2) is 0 Å². The van der Waals surface area contributed by atoms with Gasteiger partial charge in [-0.3, -0.25) is 0 Å². The van der Waals surface area contributed by atoms with Gasteiger partial charge in [0.1, 0.15) is 0 Å². The Bertz CT molecular complexity index is 619. The molecule has 0 spiro atoms. The van der Waals surface area contributed by atoms with Crippen molar-refractivity contribution in [3.05, 3.63) is 60.7 Å². The number of isothiocyanates is 1. The second-order valence-corrected chi connectivity index (χ2v) is 6.60. The molecule has 0 fully saturated rings. The van der Waals surface area contributed by atoms with Gasteiger partial charge in [0.05, 0.1) is 0 Å². The van der Waals surface area contributed by atoms with Gasteiger partial charge in [-0.15, -0.1) is 4.76 Å². The first-order chi connectivity index (χ1) is 9.06. The molecular weight excluding hydrogens is 281 g/mol. The van der Waals surface area contributed by atoms with Crippen LogP contribution in [0.25, 0.3) is 0 Å². The van der Waals surface area contributed by atoms with Crippen LogP contribution < -0.4 is 0 Å². The summed E-state index contributed by atoms with van der Waals surface area (Å²) in [6.07, 6.45) is 0. The van der Waals surface area contributed by atoms with E-state index in [1.807, 2.05) is 60.7 Å². The molecule has 0 heterocycles. The van der Waals surface area contributed by atoms with E-state index < -0.39 is 18.2 Å². The van der Waals surface area contributed by atoms with Crippen LogP contribution in [0.2, 0.25) is 0 Å². The summed E-state index contributed by atoms with van der Waals surface area (Å²) < 4.78 is 14.1. The van der Waals surface area contributed by atoms with E-state index in [2.05, 4.69) is 9.92 Å². The highest BCUT2D eigenvalue weighted by Crippen LogP contribution is 2.38. The lowest BCUT2D eigenvalue weighted by Crippen LogP contribution is -1.79. The van der Waals surface area contributed by atoms with Gasteiger partial charge in [0.2, 0.25) is 0 Å². The molecule has 0 saturated heterocycles. The molecule has 0 aliphatic carbocycles. The van der Waals surface area contributed by atoms with Crippen molar-refractivity contribution >= 4 is 23.4 Å². The highest BCUT2D eigenvalue weighted by atomic mass is 32.2. The predicted molar refractivity (Wildman–Crippen MR) is 76.5 cm³/mol. The van der Waals surface area contributed by atoms with Crippen LogP contribution in [0.5, 0.6) is 0 Å². The zero-order chi connectivity index (χ0) is 13.7. The third-order valence-electron chi connectivity index (χ3n) is 2.22. The fourth-order valence-corrected chi connectivity index (χ4v) is 3.54. The molecule has 2 N–H and O–H groups in total. The zero-order valence-electron chi connectivity index (χ0n) is 9.88. The minimum absolute atomic E-state index is 0.707. The molecule has 6 heteroatoms. The van der Waals surface area contributed by atoms with Crippen LogP contribution in [0.1, 0.15) is 0 Å². The molecular formula is C13H12NO3PS. The second kappa shape index (κ2) is 6.11. The average Bonchev–Trinajstić information content (AvgIpc) is 2.40. The van der Waals surface area contributed by atoms with Crippen LogP contribution in [-0.4, -0.2) is 14.9 Å². The van der Waals surface area contributed by atoms with Crippen LogP contribution in [0.3, 0.4) is 0 Å². The summed E-state index contributed by atoms with van der Waals surface area (Å²) in [7, 11) is -5.15. The molecule has 19 heavy (non-hydrogen) atoms. The van der Waals surface area contributed by atoms with Gasteiger partial charge in [-0.05, 0) is 24.3 Å². The van der Waals surface area contributed by atoms with Crippen molar-refractivity contribution in [3.8, 4) is 0 Å². The summed E-state index contributed by atoms with van der Waals surface area (Å²) >= 11 is 0. The van der Waals surface area contributed by atoms with Gasteiger partial charge in [0, 0.05) is 15.0 Å². The Morgan fingerprint density at radius 2 is 1.32 bits per heavy atom. The van der Waals surface area contributed by atoms with E-state index in [1.54, 1.807) is 0 Å². The third-order valence-corrected chi connectivity index (χ3v) is 4.48. The van der Waals surface area contributed by atoms with Crippen molar-refractivity contribution in [2.75, 3.05) is 0 Å². The smallest absolute Gasteiger partial charge is 0.306 e. The normalized spacial score (nSPS) is 11.1. The number of hydrogen-bond acceptors (Lipinski definition) is 1. The summed E-state index contributed by atoms with van der Waals surface area (Å²) in [6.45, 7) is 0. The molecule has 98 valence electrons. The molecule has 0 bridgehead atoms. The lowest BCUT2D eigenvalue weighted by atomic mass is 10.4. The fraction of sp³-hybridized carbons (Fsp3) is 0. The molecule has 0 aliphatic heterocycles. The zero-order valence-corrected chi connectivity index (χ0v) is 11.6. The Morgan fingerprint density at radius 1 is 0.895 bits per heavy atom. The van der Waals surface area contributed by atoms with E-state index in [0.29, 0.717) is 0 Å². The highest BCUT2D eigenvalue weighted by Gasteiger charge is 2.09. The molecule has 2 rings (SSSR count). The molecule has 2 aromatic carbocycles. The van der Waals surface area contributed by atoms with Gasteiger partial charge < -0.3 is 9.79 Å². The number of nitrogens with zero attached hydrogens (tertiary/aromatic N) is 1. The predicted octanol–water partition coefficient (Wildman–Crippen LogP) is 3.37. The minimum Gasteiger partial charge on any atom is -0.306 e. The first-order valence-electron chi connectivity index (χ1n) is 5.44. The Morgan fingerprint density at radius 3 is 1.68 bits per heavy atom. The molecule has 0 aliphatic rings. The van der Waals surface area contributed by atoms with Crippen molar-refractivity contribution in [2.24, 2.45) is 4.76 Å². The van der Waals surface area contributed by atoms with E-state index in [-0.39, 0.29) is 0 Å². The molecule has 0 saturated carbocycles. The summed E-state index contributed by atoms with van der Waals surface area (Å²) in [5.74, 6) is 0. The Labute approximate surface area is 113 Å². The third kappa shape index (κ3) is 4.28. The molecule has 0 aromatic heterocycles. The van der Waals surface area contributed by atoms with E-state index in [1.165, 1.54) is 0 Å². The summed E-state index contributed by atoms with van der Waals surface area (Å²) in [5.41, 5.74) is 0. The number of rotatable bonds is 3. The van der Waals surface area contributed by atoms with Crippen molar-refractivity contribution < 1.29 is 14.4 Å². The van der Waals surface area contributed by atoms with E-state index in [9.17, 15) is 4.57 Å². The molecule has 0 unspecified atom stereocenters. The second-order valence-electron chi connectivity index (χ2n) is 3.64. The first-order valence-corrected chi connectivity index (χ1v) is 8.23. The first kappa shape index (κ1) is 13.9. The maximum Gasteiger partial charge on any atom is 0.457 e. The molecule has 4 nitrogen and oxygen atoms in total. The maximum absolute atomic E-state index is 10.9. The standard InChI is InChI=1S/C13H12NO3PS/c15-18(16,17)14-11-19(12-7-3-1-4-8-12)13-9-5-2-6-10-13/h1-10H,(H2,15,16,17). The molecule has 0 atom stereocenters. The van der Waals surface area contributed by atoms with Gasteiger partial charge in [-0.1, -0.05) is 46.9 Å². The van der Waals surface area contributed by atoms with Crippen molar-refractivity contribution in [1.82, 2.24) is 0 Å². The van der Waals surface area contributed by atoms with E-state index >= 15 is 0 Å². The van der Waals surface area contributed by atoms with Gasteiger partial charge >= 0.3 is 7.75 Å². The van der Waals surface area contributed by atoms with Crippen molar-refractivity contribution in [2.45, 2.75) is 9.79 Å². The van der Waals surface area contributed by atoms with E-state index in [4.69, 9.17) is 9.79 Å². The maximum atomic E-state index is 10.9. The summed E-state index contributed by atoms with van der Waals surface area (Å²) in [4.78, 5) is 19.5. The Balaban J connectivity index is 2.59. The SMILES string of the molecule is O=P(O)(O)N=C=S(c1ccccc1)c1ccccc1. The lowest BCUT2D eigenvalue weighted by Gasteiger charge is -2.06. The van der Waals surface area contributed by atoms with Gasteiger partial charge in [0.25, 0.3) is 0 Å². The monoisotopic (exact) mass is 293 g/mol.